The average Bonchev–Trinajstić information content (AvgIpc) is 2.28. The zero-order valence-corrected chi connectivity index (χ0v) is 11.0. The van der Waals surface area contributed by atoms with E-state index in [1.54, 1.807) is 18.2 Å². The number of alkyl halides is 1. The van der Waals surface area contributed by atoms with Crippen LogP contribution in [0.5, 0.6) is 0 Å². The number of rotatable bonds is 4. The Morgan fingerprint density at radius 3 is 2.75 bits per heavy atom. The maximum Gasteiger partial charge on any atom is 0.238 e. The smallest absolute Gasteiger partial charge is 0.238 e. The van der Waals surface area contributed by atoms with Gasteiger partial charge in [-0.15, -0.1) is 0 Å². The Kier molecular flexibility index (Phi) is 4.96. The number of hydrogen-bond acceptors (Lipinski definition) is 2. The largest absolute Gasteiger partial charge is 0.392 e. The molecule has 4 heteroatoms. The highest BCUT2D eigenvalue weighted by Crippen LogP contribution is 2.16. The lowest BCUT2D eigenvalue weighted by Crippen LogP contribution is -2.26. The van der Waals surface area contributed by atoms with Crippen molar-refractivity contribution < 1.29 is 9.90 Å². The van der Waals surface area contributed by atoms with Gasteiger partial charge in [-0.3, -0.25) is 4.79 Å². The summed E-state index contributed by atoms with van der Waals surface area (Å²) in [6, 6.07) is 7.18. The van der Waals surface area contributed by atoms with E-state index in [1.165, 1.54) is 0 Å². The molecule has 0 aliphatic heterocycles. The predicted molar refractivity (Wildman–Crippen MR) is 68.5 cm³/mol. The Hall–Kier alpha value is -0.870. The van der Waals surface area contributed by atoms with E-state index in [0.29, 0.717) is 5.69 Å². The maximum atomic E-state index is 11.7. The molecule has 0 radical (unpaired) electrons. The first-order chi connectivity index (χ1) is 7.54. The van der Waals surface area contributed by atoms with E-state index < -0.39 is 0 Å². The normalized spacial score (nSPS) is 12.6. The SMILES string of the molecule is CC(C)C(Br)C(=O)Nc1cccc(CO)c1. The van der Waals surface area contributed by atoms with E-state index in [1.807, 2.05) is 19.9 Å². The topological polar surface area (TPSA) is 49.3 Å². The van der Waals surface area contributed by atoms with E-state index in [-0.39, 0.29) is 23.3 Å². The molecule has 0 aliphatic rings. The first-order valence-corrected chi connectivity index (χ1v) is 6.11. The molecule has 0 aromatic heterocycles. The highest BCUT2D eigenvalue weighted by atomic mass is 79.9. The van der Waals surface area contributed by atoms with Crippen LogP contribution in [-0.2, 0) is 11.4 Å². The minimum absolute atomic E-state index is 0.0222. The zero-order chi connectivity index (χ0) is 12.1. The van der Waals surface area contributed by atoms with Gasteiger partial charge in [0.2, 0.25) is 5.91 Å². The van der Waals surface area contributed by atoms with Gasteiger partial charge in [0.15, 0.2) is 0 Å². The van der Waals surface area contributed by atoms with Gasteiger partial charge in [0.05, 0.1) is 11.4 Å². The van der Waals surface area contributed by atoms with E-state index in [4.69, 9.17) is 5.11 Å². The monoisotopic (exact) mass is 285 g/mol. The van der Waals surface area contributed by atoms with Crippen LogP contribution < -0.4 is 5.32 Å². The van der Waals surface area contributed by atoms with Crippen molar-refractivity contribution in [2.75, 3.05) is 5.32 Å². The van der Waals surface area contributed by atoms with Gasteiger partial charge < -0.3 is 10.4 Å². The summed E-state index contributed by atoms with van der Waals surface area (Å²) in [6.45, 7) is 3.93. The maximum absolute atomic E-state index is 11.7. The first-order valence-electron chi connectivity index (χ1n) is 5.19. The Labute approximate surface area is 104 Å². The van der Waals surface area contributed by atoms with Crippen molar-refractivity contribution in [1.82, 2.24) is 0 Å². The minimum atomic E-state index is -0.203. The average molecular weight is 286 g/mol. The van der Waals surface area contributed by atoms with Gasteiger partial charge in [0, 0.05) is 5.69 Å². The molecule has 0 saturated carbocycles. The van der Waals surface area contributed by atoms with Crippen LogP contribution in [0.2, 0.25) is 0 Å². The Balaban J connectivity index is 2.69. The molecule has 0 spiro atoms. The van der Waals surface area contributed by atoms with Gasteiger partial charge in [-0.1, -0.05) is 41.9 Å². The molecular weight excluding hydrogens is 270 g/mol. The number of amides is 1. The van der Waals surface area contributed by atoms with Crippen LogP contribution in [0.3, 0.4) is 0 Å². The number of carbonyl (C=O) groups is 1. The number of aliphatic hydroxyl groups excluding tert-OH is 1. The van der Waals surface area contributed by atoms with Crippen LogP contribution in [0.25, 0.3) is 0 Å². The number of anilines is 1. The second kappa shape index (κ2) is 6.01. The quantitative estimate of drug-likeness (QED) is 0.836. The molecule has 3 nitrogen and oxygen atoms in total. The number of benzene rings is 1. The van der Waals surface area contributed by atoms with Gasteiger partial charge in [0.1, 0.15) is 0 Å². The van der Waals surface area contributed by atoms with E-state index in [2.05, 4.69) is 21.2 Å². The van der Waals surface area contributed by atoms with E-state index in [0.717, 1.165) is 5.56 Å². The van der Waals surface area contributed by atoms with E-state index in [9.17, 15) is 4.79 Å². The van der Waals surface area contributed by atoms with Gasteiger partial charge in [-0.2, -0.15) is 0 Å². The molecule has 0 heterocycles. The zero-order valence-electron chi connectivity index (χ0n) is 9.40. The lowest BCUT2D eigenvalue weighted by molar-refractivity contribution is -0.116. The van der Waals surface area contributed by atoms with Crippen LogP contribution in [0.1, 0.15) is 19.4 Å². The van der Waals surface area contributed by atoms with Gasteiger partial charge in [-0.05, 0) is 23.6 Å². The molecule has 1 amide bonds. The van der Waals surface area contributed by atoms with Crippen molar-refractivity contribution >= 4 is 27.5 Å². The highest BCUT2D eigenvalue weighted by Gasteiger charge is 2.18. The summed E-state index contributed by atoms with van der Waals surface area (Å²) in [6.07, 6.45) is 0. The van der Waals surface area contributed by atoms with Crippen molar-refractivity contribution in [1.29, 1.82) is 0 Å². The van der Waals surface area contributed by atoms with Crippen LogP contribution in [0.15, 0.2) is 24.3 Å². The third-order valence-corrected chi connectivity index (χ3v) is 3.69. The number of halogens is 1. The summed E-state index contributed by atoms with van der Waals surface area (Å²) >= 11 is 3.34. The van der Waals surface area contributed by atoms with Crippen LogP contribution >= 0.6 is 15.9 Å². The fourth-order valence-corrected chi connectivity index (χ4v) is 1.38. The molecule has 16 heavy (non-hydrogen) atoms. The van der Waals surface area contributed by atoms with Crippen molar-refractivity contribution in [2.24, 2.45) is 5.92 Å². The molecule has 1 unspecified atom stereocenters. The third-order valence-electron chi connectivity index (χ3n) is 2.21. The molecular formula is C12H16BrNO2. The Bertz CT molecular complexity index is 366. The molecule has 88 valence electrons. The second-order valence-corrected chi connectivity index (χ2v) is 4.98. The molecule has 1 aromatic carbocycles. The summed E-state index contributed by atoms with van der Waals surface area (Å²) in [7, 11) is 0. The summed E-state index contributed by atoms with van der Waals surface area (Å²) in [5.74, 6) is 0.172. The lowest BCUT2D eigenvalue weighted by Gasteiger charge is -2.14. The summed E-state index contributed by atoms with van der Waals surface area (Å²) in [5.41, 5.74) is 1.50. The molecule has 0 fully saturated rings. The molecule has 1 rings (SSSR count). The fraction of sp³-hybridized carbons (Fsp3) is 0.417. The molecule has 0 aliphatic carbocycles. The fourth-order valence-electron chi connectivity index (χ4n) is 1.26. The second-order valence-electron chi connectivity index (χ2n) is 3.99. The Morgan fingerprint density at radius 1 is 1.50 bits per heavy atom. The Morgan fingerprint density at radius 2 is 2.19 bits per heavy atom. The minimum Gasteiger partial charge on any atom is -0.392 e. The predicted octanol–water partition coefficient (Wildman–Crippen LogP) is 2.54. The van der Waals surface area contributed by atoms with Crippen molar-refractivity contribution in [3.05, 3.63) is 29.8 Å². The summed E-state index contributed by atoms with van der Waals surface area (Å²) < 4.78 is 0. The van der Waals surface area contributed by atoms with Crippen molar-refractivity contribution in [3.8, 4) is 0 Å². The summed E-state index contributed by atoms with van der Waals surface area (Å²) in [4.78, 5) is 11.5. The third kappa shape index (κ3) is 3.61. The van der Waals surface area contributed by atoms with Gasteiger partial charge >= 0.3 is 0 Å². The van der Waals surface area contributed by atoms with Gasteiger partial charge in [-0.25, -0.2) is 0 Å². The molecule has 0 bridgehead atoms. The standard InChI is InChI=1S/C12H16BrNO2/c1-8(2)11(13)12(16)14-10-5-3-4-9(6-10)7-15/h3-6,8,11,15H,7H2,1-2H3,(H,14,16). The summed E-state index contributed by atoms with van der Waals surface area (Å²) in [5, 5.41) is 11.8. The van der Waals surface area contributed by atoms with Crippen molar-refractivity contribution in [3.63, 3.8) is 0 Å². The van der Waals surface area contributed by atoms with Crippen LogP contribution in [0, 0.1) is 5.92 Å². The number of nitrogens with one attached hydrogen (secondary N) is 1. The number of hydrogen-bond donors (Lipinski definition) is 2. The van der Waals surface area contributed by atoms with Crippen LogP contribution in [0.4, 0.5) is 5.69 Å². The van der Waals surface area contributed by atoms with Crippen molar-refractivity contribution in [2.45, 2.75) is 25.3 Å². The lowest BCUT2D eigenvalue weighted by atomic mass is 10.1. The molecule has 1 aromatic rings. The number of carbonyl (C=O) groups excluding carboxylic acids is 1. The van der Waals surface area contributed by atoms with Crippen LogP contribution in [-0.4, -0.2) is 15.8 Å². The number of aliphatic hydroxyl groups is 1. The molecule has 1 atom stereocenters. The highest BCUT2D eigenvalue weighted by molar-refractivity contribution is 9.10. The van der Waals surface area contributed by atoms with E-state index >= 15 is 0 Å². The van der Waals surface area contributed by atoms with Gasteiger partial charge in [0.25, 0.3) is 0 Å². The molecule has 2 N–H and O–H groups in total. The molecule has 0 saturated heterocycles. The first kappa shape index (κ1) is 13.2.